The predicted molar refractivity (Wildman–Crippen MR) is 80.2 cm³/mol. The minimum absolute atomic E-state index is 0.159. The van der Waals surface area contributed by atoms with Gasteiger partial charge in [0, 0.05) is 17.1 Å². The molecular formula is C15H20ClN3. The third-order valence-corrected chi connectivity index (χ3v) is 4.20. The summed E-state index contributed by atoms with van der Waals surface area (Å²) in [6, 6.07) is 7.81. The summed E-state index contributed by atoms with van der Waals surface area (Å²) in [6.07, 6.45) is 3.71. The van der Waals surface area contributed by atoms with E-state index in [1.807, 2.05) is 36.8 Å². The summed E-state index contributed by atoms with van der Waals surface area (Å²) in [7, 11) is 0. The van der Waals surface area contributed by atoms with Crippen LogP contribution in [0.15, 0.2) is 36.8 Å². The van der Waals surface area contributed by atoms with Crippen LogP contribution >= 0.6 is 11.6 Å². The van der Waals surface area contributed by atoms with Crippen LogP contribution in [0.25, 0.3) is 11.3 Å². The Morgan fingerprint density at radius 3 is 2.74 bits per heavy atom. The zero-order chi connectivity index (χ0) is 14.0. The molecule has 1 heterocycles. The van der Waals surface area contributed by atoms with Gasteiger partial charge in [-0.15, -0.1) is 0 Å². The normalized spacial score (nSPS) is 14.6. The van der Waals surface area contributed by atoms with Crippen molar-refractivity contribution in [2.24, 2.45) is 11.7 Å². The second-order valence-electron chi connectivity index (χ2n) is 5.38. The molecule has 0 radical (unpaired) electrons. The van der Waals surface area contributed by atoms with Crippen LogP contribution in [0.1, 0.15) is 20.8 Å². The van der Waals surface area contributed by atoms with Crippen LogP contribution < -0.4 is 5.73 Å². The van der Waals surface area contributed by atoms with E-state index in [-0.39, 0.29) is 5.54 Å². The standard InChI is InChI=1S/C15H20ClN3/c1-11(2)15(3,9-17)19-10-18-8-14(19)12-5-4-6-13(16)7-12/h4-8,10-11H,9,17H2,1-3H3. The lowest BCUT2D eigenvalue weighted by Gasteiger charge is -2.35. The first-order chi connectivity index (χ1) is 8.99. The Hall–Kier alpha value is -1.32. The number of halogens is 1. The van der Waals surface area contributed by atoms with Gasteiger partial charge < -0.3 is 10.3 Å². The highest BCUT2D eigenvalue weighted by molar-refractivity contribution is 6.30. The summed E-state index contributed by atoms with van der Waals surface area (Å²) in [5.41, 5.74) is 7.95. The first-order valence-corrected chi connectivity index (χ1v) is 6.85. The van der Waals surface area contributed by atoms with E-state index in [9.17, 15) is 0 Å². The molecule has 0 saturated carbocycles. The van der Waals surface area contributed by atoms with E-state index in [0.717, 1.165) is 16.3 Å². The smallest absolute Gasteiger partial charge is 0.0956 e. The molecule has 1 atom stereocenters. The third kappa shape index (κ3) is 2.53. The maximum Gasteiger partial charge on any atom is 0.0956 e. The van der Waals surface area contributed by atoms with Gasteiger partial charge in [-0.2, -0.15) is 0 Å². The molecule has 0 amide bonds. The van der Waals surface area contributed by atoms with Crippen LogP contribution in [-0.4, -0.2) is 16.1 Å². The summed E-state index contributed by atoms with van der Waals surface area (Å²) in [5, 5.41) is 0.726. The van der Waals surface area contributed by atoms with Crippen molar-refractivity contribution in [1.82, 2.24) is 9.55 Å². The van der Waals surface area contributed by atoms with E-state index in [4.69, 9.17) is 17.3 Å². The van der Waals surface area contributed by atoms with Crippen molar-refractivity contribution < 1.29 is 0 Å². The van der Waals surface area contributed by atoms with Gasteiger partial charge in [-0.3, -0.25) is 0 Å². The SMILES string of the molecule is CC(C)C(C)(CN)n1cncc1-c1cccc(Cl)c1. The number of aromatic nitrogens is 2. The lowest BCUT2D eigenvalue weighted by atomic mass is 9.87. The van der Waals surface area contributed by atoms with Crippen LogP contribution in [0.2, 0.25) is 5.02 Å². The summed E-state index contributed by atoms with van der Waals surface area (Å²) >= 11 is 6.07. The number of hydrogen-bond donors (Lipinski definition) is 1. The van der Waals surface area contributed by atoms with Gasteiger partial charge in [0.1, 0.15) is 0 Å². The van der Waals surface area contributed by atoms with Gasteiger partial charge in [0.2, 0.25) is 0 Å². The van der Waals surface area contributed by atoms with Gasteiger partial charge in [-0.05, 0) is 25.0 Å². The summed E-state index contributed by atoms with van der Waals surface area (Å²) in [4.78, 5) is 4.29. The minimum atomic E-state index is -0.159. The summed E-state index contributed by atoms with van der Waals surface area (Å²) < 4.78 is 2.16. The topological polar surface area (TPSA) is 43.8 Å². The highest BCUT2D eigenvalue weighted by atomic mass is 35.5. The zero-order valence-corrected chi connectivity index (χ0v) is 12.4. The van der Waals surface area contributed by atoms with Crippen LogP contribution in [0.5, 0.6) is 0 Å². The fourth-order valence-corrected chi connectivity index (χ4v) is 2.37. The molecule has 2 aromatic rings. The predicted octanol–water partition coefficient (Wildman–Crippen LogP) is 3.53. The molecule has 1 aromatic heterocycles. The van der Waals surface area contributed by atoms with Crippen molar-refractivity contribution >= 4 is 11.6 Å². The summed E-state index contributed by atoms with van der Waals surface area (Å²) in [5.74, 6) is 0.407. The van der Waals surface area contributed by atoms with E-state index in [1.165, 1.54) is 0 Å². The highest BCUT2D eigenvalue weighted by Crippen LogP contribution is 2.31. The highest BCUT2D eigenvalue weighted by Gasteiger charge is 2.30. The molecule has 0 saturated heterocycles. The van der Waals surface area contributed by atoms with Gasteiger partial charge >= 0.3 is 0 Å². The summed E-state index contributed by atoms with van der Waals surface area (Å²) in [6.45, 7) is 7.07. The van der Waals surface area contributed by atoms with Crippen molar-refractivity contribution in [3.8, 4) is 11.3 Å². The fraction of sp³-hybridized carbons (Fsp3) is 0.400. The maximum atomic E-state index is 6.07. The van der Waals surface area contributed by atoms with E-state index in [0.29, 0.717) is 12.5 Å². The Kier molecular flexibility index (Phi) is 3.97. The molecule has 4 heteroatoms. The quantitative estimate of drug-likeness (QED) is 0.929. The Balaban J connectivity index is 2.54. The largest absolute Gasteiger partial charge is 0.328 e. The van der Waals surface area contributed by atoms with E-state index < -0.39 is 0 Å². The van der Waals surface area contributed by atoms with Crippen molar-refractivity contribution in [2.75, 3.05) is 6.54 Å². The first kappa shape index (κ1) is 14.1. The molecule has 2 N–H and O–H groups in total. The third-order valence-electron chi connectivity index (χ3n) is 3.97. The van der Waals surface area contributed by atoms with Crippen LogP contribution in [0.4, 0.5) is 0 Å². The van der Waals surface area contributed by atoms with Crippen molar-refractivity contribution in [1.29, 1.82) is 0 Å². The lowest BCUT2D eigenvalue weighted by molar-refractivity contribution is 0.233. The molecule has 0 aliphatic heterocycles. The molecule has 19 heavy (non-hydrogen) atoms. The maximum absolute atomic E-state index is 6.07. The Labute approximate surface area is 119 Å². The number of nitrogens with zero attached hydrogens (tertiary/aromatic N) is 2. The van der Waals surface area contributed by atoms with Gasteiger partial charge in [0.15, 0.2) is 0 Å². The van der Waals surface area contributed by atoms with Gasteiger partial charge in [-0.25, -0.2) is 4.98 Å². The molecule has 102 valence electrons. The molecule has 1 unspecified atom stereocenters. The number of hydrogen-bond acceptors (Lipinski definition) is 2. The Morgan fingerprint density at radius 2 is 2.16 bits per heavy atom. The Bertz CT molecular complexity index is 562. The molecule has 0 spiro atoms. The molecule has 2 rings (SSSR count). The Morgan fingerprint density at radius 1 is 1.42 bits per heavy atom. The number of imidazole rings is 1. The molecule has 0 aliphatic carbocycles. The van der Waals surface area contributed by atoms with Crippen molar-refractivity contribution in [3.05, 3.63) is 41.8 Å². The molecule has 0 fully saturated rings. The first-order valence-electron chi connectivity index (χ1n) is 6.48. The number of rotatable bonds is 4. The second-order valence-corrected chi connectivity index (χ2v) is 5.81. The van der Waals surface area contributed by atoms with Crippen LogP contribution in [0.3, 0.4) is 0 Å². The molecule has 0 bridgehead atoms. The molecule has 1 aromatic carbocycles. The van der Waals surface area contributed by atoms with E-state index >= 15 is 0 Å². The minimum Gasteiger partial charge on any atom is -0.328 e. The lowest BCUT2D eigenvalue weighted by Crippen LogP contribution is -2.42. The molecule has 3 nitrogen and oxygen atoms in total. The van der Waals surface area contributed by atoms with Gasteiger partial charge in [0.05, 0.1) is 23.8 Å². The fourth-order valence-electron chi connectivity index (χ4n) is 2.18. The zero-order valence-electron chi connectivity index (χ0n) is 11.6. The van der Waals surface area contributed by atoms with Gasteiger partial charge in [-0.1, -0.05) is 37.6 Å². The van der Waals surface area contributed by atoms with E-state index in [1.54, 1.807) is 0 Å². The van der Waals surface area contributed by atoms with Crippen molar-refractivity contribution in [2.45, 2.75) is 26.3 Å². The second kappa shape index (κ2) is 5.35. The average molecular weight is 278 g/mol. The van der Waals surface area contributed by atoms with Crippen LogP contribution in [0, 0.1) is 5.92 Å². The van der Waals surface area contributed by atoms with Gasteiger partial charge in [0.25, 0.3) is 0 Å². The number of nitrogens with two attached hydrogens (primary N) is 1. The molecule has 0 aliphatic rings. The van der Waals surface area contributed by atoms with Crippen LogP contribution in [-0.2, 0) is 5.54 Å². The monoisotopic (exact) mass is 277 g/mol. The van der Waals surface area contributed by atoms with Crippen molar-refractivity contribution in [3.63, 3.8) is 0 Å². The molecular weight excluding hydrogens is 258 g/mol. The average Bonchev–Trinajstić information content (AvgIpc) is 2.87. The van der Waals surface area contributed by atoms with E-state index in [2.05, 4.69) is 30.3 Å². The number of benzene rings is 1.